The molecule has 0 saturated carbocycles. The molecule has 95 heavy (non-hydrogen) atoms. The van der Waals surface area contributed by atoms with Gasteiger partial charge in [0, 0.05) is 62.2 Å². The summed E-state index contributed by atoms with van der Waals surface area (Å²) < 4.78 is 0. The Balaban J connectivity index is 0.000000149. The van der Waals surface area contributed by atoms with Gasteiger partial charge < -0.3 is 43.4 Å². The Morgan fingerprint density at radius 3 is 1.09 bits per heavy atom. The number of phenolic OH excluding ortho intramolecular Hbond substituents is 4. The number of nitrogens with two attached hydrogens (primary N) is 4. The third-order valence-electron chi connectivity index (χ3n) is 15.7. The lowest BCUT2D eigenvalue weighted by molar-refractivity contribution is -0.118. The van der Waals surface area contributed by atoms with Crippen molar-refractivity contribution in [2.45, 2.75) is 57.8 Å². The first-order chi connectivity index (χ1) is 46.0. The molecule has 15 nitrogen and oxygen atoms in total. The lowest BCUT2D eigenvalue weighted by atomic mass is 9.92. The monoisotopic (exact) mass is 1260 g/mol. The fourth-order valence-corrected chi connectivity index (χ4v) is 11.0. The Bertz CT molecular complexity index is 4190. The van der Waals surface area contributed by atoms with Crippen molar-refractivity contribution in [3.63, 3.8) is 0 Å². The predicted molar refractivity (Wildman–Crippen MR) is 376 cm³/mol. The minimum Gasteiger partial charge on any atom is -0.508 e. The first-order valence-corrected chi connectivity index (χ1v) is 31.0. The summed E-state index contributed by atoms with van der Waals surface area (Å²) in [5.41, 5.74) is 41.4. The Morgan fingerprint density at radius 1 is 0.337 bits per heavy atom. The van der Waals surface area contributed by atoms with Gasteiger partial charge in [0.25, 0.3) is 0 Å². The van der Waals surface area contributed by atoms with Gasteiger partial charge in [0.05, 0.1) is 5.69 Å². The summed E-state index contributed by atoms with van der Waals surface area (Å²) in [7, 11) is 0. The number of aryl methyl sites for hydroxylation is 4. The number of pyridine rings is 3. The van der Waals surface area contributed by atoms with Crippen LogP contribution in [0.15, 0.2) is 262 Å². The van der Waals surface area contributed by atoms with Crippen LogP contribution in [-0.2, 0) is 44.9 Å². The fraction of sp³-hybridized carbons (Fsp3) is 0.113. The number of nitrogens with zero attached hydrogens (tertiary/aromatic N) is 3. The number of hydrogen-bond acceptors (Lipinski definition) is 11. The summed E-state index contributed by atoms with van der Waals surface area (Å²) in [6, 6.07) is 66.4. The Kier molecular flexibility index (Phi) is 23.5. The smallest absolute Gasteiger partial charge is 0.217 e. The number of amides is 4. The Labute approximate surface area is 552 Å². The second-order valence-corrected chi connectivity index (χ2v) is 22.5. The summed E-state index contributed by atoms with van der Waals surface area (Å²) in [5, 5.41) is 38.9. The average molecular weight is 1260 g/mol. The number of carbonyl (C=O) groups excluding carboxylic acids is 4. The van der Waals surface area contributed by atoms with Crippen LogP contribution in [0.4, 0.5) is 0 Å². The van der Waals surface area contributed by atoms with Gasteiger partial charge in [0.2, 0.25) is 23.6 Å². The second kappa shape index (κ2) is 33.2. The van der Waals surface area contributed by atoms with E-state index in [9.17, 15) is 39.6 Å². The average Bonchev–Trinajstić information content (AvgIpc) is 1.47. The van der Waals surface area contributed by atoms with E-state index in [0.29, 0.717) is 32.1 Å². The van der Waals surface area contributed by atoms with Gasteiger partial charge in [-0.25, -0.2) is 0 Å². The largest absolute Gasteiger partial charge is 0.508 e. The molecule has 3 heterocycles. The quantitative estimate of drug-likeness (QED) is 0.0355. The molecule has 3 aromatic heterocycles. The molecule has 12 N–H and O–H groups in total. The van der Waals surface area contributed by atoms with Crippen molar-refractivity contribution in [3.8, 4) is 101 Å². The van der Waals surface area contributed by atoms with Gasteiger partial charge in [-0.1, -0.05) is 146 Å². The van der Waals surface area contributed by atoms with Crippen LogP contribution in [0.25, 0.3) is 83.6 Å². The summed E-state index contributed by atoms with van der Waals surface area (Å²) in [6.07, 6.45) is 19.6. The number of rotatable bonds is 20. The second-order valence-electron chi connectivity index (χ2n) is 22.5. The van der Waals surface area contributed by atoms with Crippen LogP contribution in [0.3, 0.4) is 0 Å². The highest BCUT2D eigenvalue weighted by molar-refractivity contribution is 5.83. The van der Waals surface area contributed by atoms with Crippen LogP contribution in [0, 0.1) is 0 Å². The van der Waals surface area contributed by atoms with E-state index in [4.69, 9.17) is 22.9 Å². The number of phenols is 4. The molecule has 476 valence electrons. The standard InChI is InChI=1S/3C20H18N2O2.C20H19NO2/c21-20(24)9-7-16-11-14(17-4-2-10-22-13-17)6-8-19(16)15-3-1-5-18(23)12-15;21-20(24)10-8-15-12-16(19-6-1-2-11-22-19)7-9-18(15)14-4-3-5-17(23)13-14;21-20(24)7-5-17-12-15(14-8-10-22-11-9-14)4-6-19(17)16-2-1-3-18(23)13-16;21-20(23)11-9-17-12-15(14-4-1-2-5-14)8-10-19(17)16-6-3-7-18(22)13-16/h1-6,8,10-13,23H,7,9H2,(H2,21,24);1-7,9,11-13,23H,8,10H2,(H2,21,24);1-4,6,8-13,23H,5,7H2,(H2,21,24);1,3-8,10,12-13,22H,2,9,11H2,(H2,21,23). The van der Waals surface area contributed by atoms with E-state index >= 15 is 0 Å². The number of carbonyl (C=O) groups is 4. The molecule has 1 aliphatic carbocycles. The summed E-state index contributed by atoms with van der Waals surface area (Å²) in [6.45, 7) is 0. The molecular weight excluding hydrogens is 1190 g/mol. The molecule has 4 amide bonds. The number of primary amides is 4. The third kappa shape index (κ3) is 19.6. The first-order valence-electron chi connectivity index (χ1n) is 31.0. The molecule has 8 aromatic carbocycles. The SMILES string of the molecule is NC(=O)CCc1cc(-c2ccccn2)ccc1-c1cccc(O)c1.NC(=O)CCc1cc(-c2cccnc2)ccc1-c1cccc(O)c1.NC(=O)CCc1cc(-c2ccncc2)ccc1-c1cccc(O)c1.NC(=O)CCc1cc(C2=CCC=C2)ccc1-c1cccc(O)c1. The number of allylic oxidation sites excluding steroid dienone is 4. The van der Waals surface area contributed by atoms with Crippen LogP contribution in [0.1, 0.15) is 59.9 Å². The van der Waals surface area contributed by atoms with E-state index in [-0.39, 0.29) is 65.9 Å². The van der Waals surface area contributed by atoms with E-state index in [0.717, 1.165) is 112 Å². The molecule has 0 fully saturated rings. The molecular formula is C80H73N7O8. The van der Waals surface area contributed by atoms with Crippen molar-refractivity contribution in [2.75, 3.05) is 0 Å². The molecule has 0 spiro atoms. The third-order valence-corrected chi connectivity index (χ3v) is 15.7. The molecule has 0 atom stereocenters. The van der Waals surface area contributed by atoms with Crippen molar-refractivity contribution in [3.05, 3.63) is 289 Å². The zero-order valence-electron chi connectivity index (χ0n) is 52.3. The van der Waals surface area contributed by atoms with E-state index in [1.165, 1.54) is 5.57 Å². The van der Waals surface area contributed by atoms with Crippen LogP contribution in [0.5, 0.6) is 23.0 Å². The van der Waals surface area contributed by atoms with Gasteiger partial charge in [0.15, 0.2) is 0 Å². The molecule has 0 radical (unpaired) electrons. The highest BCUT2D eigenvalue weighted by atomic mass is 16.3. The minimum atomic E-state index is -0.333. The van der Waals surface area contributed by atoms with Gasteiger partial charge in [0.1, 0.15) is 23.0 Å². The van der Waals surface area contributed by atoms with Crippen LogP contribution in [0.2, 0.25) is 0 Å². The lowest BCUT2D eigenvalue weighted by Gasteiger charge is -2.12. The van der Waals surface area contributed by atoms with Gasteiger partial charge in [-0.3, -0.25) is 34.1 Å². The topological polar surface area (TPSA) is 292 Å². The van der Waals surface area contributed by atoms with Gasteiger partial charge in [-0.2, -0.15) is 0 Å². The normalized spacial score (nSPS) is 11.1. The van der Waals surface area contributed by atoms with Crippen molar-refractivity contribution in [1.82, 2.24) is 15.0 Å². The molecule has 12 rings (SSSR count). The maximum atomic E-state index is 11.2. The number of benzene rings is 8. The van der Waals surface area contributed by atoms with E-state index in [1.807, 2.05) is 121 Å². The van der Waals surface area contributed by atoms with Crippen LogP contribution < -0.4 is 22.9 Å². The maximum Gasteiger partial charge on any atom is 0.217 e. The molecule has 11 aromatic rings. The molecule has 15 heteroatoms. The summed E-state index contributed by atoms with van der Waals surface area (Å²) in [5.74, 6) is -0.431. The van der Waals surface area contributed by atoms with E-state index in [2.05, 4.69) is 57.4 Å². The highest BCUT2D eigenvalue weighted by Crippen LogP contribution is 2.36. The summed E-state index contributed by atoms with van der Waals surface area (Å²) >= 11 is 0. The molecule has 0 saturated heterocycles. The molecule has 0 unspecified atom stereocenters. The van der Waals surface area contributed by atoms with Crippen LogP contribution in [-0.4, -0.2) is 59.0 Å². The van der Waals surface area contributed by atoms with Crippen LogP contribution >= 0.6 is 0 Å². The minimum absolute atomic E-state index is 0.210. The lowest BCUT2D eigenvalue weighted by Crippen LogP contribution is -2.11. The fourth-order valence-electron chi connectivity index (χ4n) is 11.0. The van der Waals surface area contributed by atoms with Gasteiger partial charge in [-0.05, 0) is 217 Å². The first kappa shape index (κ1) is 67.2. The predicted octanol–water partition coefficient (Wildman–Crippen LogP) is 14.4. The number of aromatic nitrogens is 3. The molecule has 1 aliphatic rings. The van der Waals surface area contributed by atoms with Gasteiger partial charge >= 0.3 is 0 Å². The number of hydrogen-bond donors (Lipinski definition) is 8. The summed E-state index contributed by atoms with van der Waals surface area (Å²) in [4.78, 5) is 57.3. The zero-order valence-corrected chi connectivity index (χ0v) is 52.3. The Morgan fingerprint density at radius 2 is 0.726 bits per heavy atom. The van der Waals surface area contributed by atoms with Gasteiger partial charge in [-0.15, -0.1) is 0 Å². The van der Waals surface area contributed by atoms with Crippen molar-refractivity contribution in [1.29, 1.82) is 0 Å². The van der Waals surface area contributed by atoms with Crippen molar-refractivity contribution < 1.29 is 39.6 Å². The highest BCUT2D eigenvalue weighted by Gasteiger charge is 2.15. The zero-order chi connectivity index (χ0) is 67.1. The molecule has 0 aliphatic heterocycles. The number of aromatic hydroxyl groups is 4. The van der Waals surface area contributed by atoms with E-state index in [1.54, 1.807) is 97.7 Å². The maximum absolute atomic E-state index is 11.2. The van der Waals surface area contributed by atoms with Crippen molar-refractivity contribution >= 4 is 29.2 Å². The van der Waals surface area contributed by atoms with Crippen molar-refractivity contribution in [2.24, 2.45) is 22.9 Å². The Hall–Kier alpha value is -12.2. The van der Waals surface area contributed by atoms with E-state index < -0.39 is 0 Å². The molecule has 0 bridgehead atoms.